The van der Waals surface area contributed by atoms with Gasteiger partial charge >= 0.3 is 12.1 Å². The van der Waals surface area contributed by atoms with Gasteiger partial charge in [-0.15, -0.1) is 0 Å². The van der Waals surface area contributed by atoms with Gasteiger partial charge in [0, 0.05) is 5.92 Å². The summed E-state index contributed by atoms with van der Waals surface area (Å²) < 4.78 is 5.57. The highest BCUT2D eigenvalue weighted by atomic mass is 32.2. The molecule has 1 aliphatic carbocycles. The standard InChI is InChI=1S/C26H32N2O5S/c1-26(2,3)22(24(30)31)28-23(29)21(13-14-34-4)27-25(32)33-15-20-18-11-7-5-9-16(18)17-10-6-8-12-19(17)20/h5-12,20-22H,13-15H2,1-4H3,(H,27,32)(H,28,29)(H,30,31)/t21-,22?/m1/s1. The topological polar surface area (TPSA) is 105 Å². The molecule has 0 bridgehead atoms. The number of carboxylic acids is 1. The molecule has 3 N–H and O–H groups in total. The molecule has 0 aromatic heterocycles. The van der Waals surface area contributed by atoms with Crippen molar-refractivity contribution in [3.63, 3.8) is 0 Å². The van der Waals surface area contributed by atoms with Crippen LogP contribution in [0.25, 0.3) is 11.1 Å². The molecule has 34 heavy (non-hydrogen) atoms. The van der Waals surface area contributed by atoms with E-state index in [1.54, 1.807) is 20.8 Å². The number of carboxylic acid groups (broad SMARTS) is 1. The van der Waals surface area contributed by atoms with Crippen LogP contribution in [0, 0.1) is 5.41 Å². The Morgan fingerprint density at radius 1 is 1.00 bits per heavy atom. The van der Waals surface area contributed by atoms with E-state index < -0.39 is 35.5 Å². The molecule has 2 aromatic rings. The van der Waals surface area contributed by atoms with Gasteiger partial charge in [-0.25, -0.2) is 9.59 Å². The van der Waals surface area contributed by atoms with Gasteiger partial charge in [0.25, 0.3) is 0 Å². The van der Waals surface area contributed by atoms with Gasteiger partial charge in [0.15, 0.2) is 0 Å². The highest BCUT2D eigenvalue weighted by Gasteiger charge is 2.35. The largest absolute Gasteiger partial charge is 0.480 e. The number of benzene rings is 2. The van der Waals surface area contributed by atoms with Crippen LogP contribution in [-0.2, 0) is 14.3 Å². The summed E-state index contributed by atoms with van der Waals surface area (Å²) in [5, 5.41) is 14.7. The molecule has 0 radical (unpaired) electrons. The molecule has 8 heteroatoms. The van der Waals surface area contributed by atoms with Crippen LogP contribution in [0.2, 0.25) is 0 Å². The summed E-state index contributed by atoms with van der Waals surface area (Å²) in [5.74, 6) is -1.13. The number of rotatable bonds is 9. The number of fused-ring (bicyclic) bond motifs is 3. The van der Waals surface area contributed by atoms with Crippen LogP contribution in [-0.4, -0.2) is 53.8 Å². The van der Waals surface area contributed by atoms with Crippen LogP contribution in [0.1, 0.15) is 44.2 Å². The monoisotopic (exact) mass is 484 g/mol. The van der Waals surface area contributed by atoms with E-state index in [1.165, 1.54) is 11.8 Å². The molecular weight excluding hydrogens is 452 g/mol. The van der Waals surface area contributed by atoms with Gasteiger partial charge in [0.1, 0.15) is 18.7 Å². The lowest BCUT2D eigenvalue weighted by atomic mass is 9.86. The molecule has 0 heterocycles. The molecule has 7 nitrogen and oxygen atoms in total. The first-order chi connectivity index (χ1) is 16.1. The molecule has 0 saturated carbocycles. The van der Waals surface area contributed by atoms with Crippen molar-refractivity contribution in [3.8, 4) is 11.1 Å². The number of hydrogen-bond donors (Lipinski definition) is 3. The second kappa shape index (κ2) is 11.0. The SMILES string of the molecule is CSCC[C@@H](NC(=O)OCC1c2ccccc2-c2ccccc21)C(=O)NC(C(=O)O)C(C)(C)C. The lowest BCUT2D eigenvalue weighted by molar-refractivity contribution is -0.145. The Morgan fingerprint density at radius 2 is 1.56 bits per heavy atom. The molecule has 1 unspecified atom stereocenters. The van der Waals surface area contributed by atoms with E-state index in [0.29, 0.717) is 12.2 Å². The summed E-state index contributed by atoms with van der Waals surface area (Å²) in [6.07, 6.45) is 1.55. The van der Waals surface area contributed by atoms with Crippen molar-refractivity contribution >= 4 is 29.7 Å². The molecule has 0 aliphatic heterocycles. The fraction of sp³-hybridized carbons (Fsp3) is 0.423. The Morgan fingerprint density at radius 3 is 2.06 bits per heavy atom. The van der Waals surface area contributed by atoms with Crippen LogP contribution in [0.15, 0.2) is 48.5 Å². The normalized spacial score (nSPS) is 14.5. The van der Waals surface area contributed by atoms with Crippen molar-refractivity contribution in [2.75, 3.05) is 18.6 Å². The number of carbonyl (C=O) groups excluding carboxylic acids is 2. The van der Waals surface area contributed by atoms with Crippen LogP contribution >= 0.6 is 11.8 Å². The molecule has 2 atom stereocenters. The third kappa shape index (κ3) is 5.91. The minimum absolute atomic E-state index is 0.0890. The maximum atomic E-state index is 12.9. The van der Waals surface area contributed by atoms with Crippen LogP contribution in [0.4, 0.5) is 4.79 Å². The lowest BCUT2D eigenvalue weighted by Crippen LogP contribution is -2.55. The fourth-order valence-electron chi connectivity index (χ4n) is 4.18. The predicted octanol–water partition coefficient (Wildman–Crippen LogP) is 4.26. The van der Waals surface area contributed by atoms with Gasteiger partial charge in [-0.2, -0.15) is 11.8 Å². The number of amides is 2. The minimum Gasteiger partial charge on any atom is -0.480 e. The van der Waals surface area contributed by atoms with Crippen molar-refractivity contribution in [3.05, 3.63) is 59.7 Å². The highest BCUT2D eigenvalue weighted by molar-refractivity contribution is 7.98. The average molecular weight is 485 g/mol. The van der Waals surface area contributed by atoms with E-state index in [4.69, 9.17) is 4.74 Å². The van der Waals surface area contributed by atoms with Crippen molar-refractivity contribution in [2.24, 2.45) is 5.41 Å². The summed E-state index contributed by atoms with van der Waals surface area (Å²) in [6.45, 7) is 5.35. The van der Waals surface area contributed by atoms with E-state index in [0.717, 1.165) is 22.3 Å². The number of thioether (sulfide) groups is 1. The minimum atomic E-state index is -1.12. The second-order valence-corrected chi connectivity index (χ2v) is 10.4. The fourth-order valence-corrected chi connectivity index (χ4v) is 4.65. The molecule has 2 aromatic carbocycles. The molecule has 2 amide bonds. The summed E-state index contributed by atoms with van der Waals surface area (Å²) in [4.78, 5) is 37.2. The summed E-state index contributed by atoms with van der Waals surface area (Å²) >= 11 is 1.54. The first kappa shape index (κ1) is 25.6. The number of alkyl carbamates (subject to hydrolysis) is 1. The molecule has 182 valence electrons. The Hall–Kier alpha value is -3.00. The first-order valence-electron chi connectivity index (χ1n) is 11.3. The molecule has 0 saturated heterocycles. The van der Waals surface area contributed by atoms with E-state index in [1.807, 2.05) is 42.7 Å². The number of aliphatic carboxylic acids is 1. The predicted molar refractivity (Wildman–Crippen MR) is 134 cm³/mol. The highest BCUT2D eigenvalue weighted by Crippen LogP contribution is 2.44. The molecule has 0 fully saturated rings. The number of ether oxygens (including phenoxy) is 1. The third-order valence-electron chi connectivity index (χ3n) is 5.96. The van der Waals surface area contributed by atoms with Gasteiger partial charge in [-0.1, -0.05) is 69.3 Å². The summed E-state index contributed by atoms with van der Waals surface area (Å²) in [6, 6.07) is 14.1. The van der Waals surface area contributed by atoms with Crippen LogP contribution in [0.3, 0.4) is 0 Å². The lowest BCUT2D eigenvalue weighted by Gasteiger charge is -2.29. The maximum Gasteiger partial charge on any atom is 0.407 e. The first-order valence-corrected chi connectivity index (χ1v) is 12.7. The molecule has 3 rings (SSSR count). The van der Waals surface area contributed by atoms with Gasteiger partial charge < -0.3 is 20.5 Å². The van der Waals surface area contributed by atoms with Crippen molar-refractivity contribution in [1.29, 1.82) is 0 Å². The van der Waals surface area contributed by atoms with Gasteiger partial charge in [-0.05, 0) is 46.1 Å². The van der Waals surface area contributed by atoms with Crippen molar-refractivity contribution < 1.29 is 24.2 Å². The Kier molecular flexibility index (Phi) is 8.25. The molecular formula is C26H32N2O5S. The second-order valence-electron chi connectivity index (χ2n) is 9.45. The zero-order chi connectivity index (χ0) is 24.9. The van der Waals surface area contributed by atoms with Gasteiger partial charge in [0.05, 0.1) is 0 Å². The smallest absolute Gasteiger partial charge is 0.407 e. The average Bonchev–Trinajstić information content (AvgIpc) is 3.11. The number of carbonyl (C=O) groups is 3. The number of nitrogens with one attached hydrogen (secondary N) is 2. The van der Waals surface area contributed by atoms with E-state index in [9.17, 15) is 19.5 Å². The Balaban J connectivity index is 1.67. The van der Waals surface area contributed by atoms with Crippen LogP contribution in [0.5, 0.6) is 0 Å². The molecule has 0 spiro atoms. The van der Waals surface area contributed by atoms with E-state index in [2.05, 4.69) is 22.8 Å². The van der Waals surface area contributed by atoms with E-state index in [-0.39, 0.29) is 12.5 Å². The zero-order valence-corrected chi connectivity index (χ0v) is 20.8. The van der Waals surface area contributed by atoms with E-state index >= 15 is 0 Å². The number of hydrogen-bond acceptors (Lipinski definition) is 5. The van der Waals surface area contributed by atoms with Crippen LogP contribution < -0.4 is 10.6 Å². The summed E-state index contributed by atoms with van der Waals surface area (Å²) in [7, 11) is 0. The molecule has 1 aliphatic rings. The summed E-state index contributed by atoms with van der Waals surface area (Å²) in [5.41, 5.74) is 3.78. The third-order valence-corrected chi connectivity index (χ3v) is 6.61. The van der Waals surface area contributed by atoms with Gasteiger partial charge in [-0.3, -0.25) is 4.79 Å². The Bertz CT molecular complexity index is 1000. The van der Waals surface area contributed by atoms with Crippen molar-refractivity contribution in [1.82, 2.24) is 10.6 Å². The Labute approximate surface area is 204 Å². The quantitative estimate of drug-likeness (QED) is 0.491. The van der Waals surface area contributed by atoms with Crippen molar-refractivity contribution in [2.45, 2.75) is 45.2 Å². The zero-order valence-electron chi connectivity index (χ0n) is 20.0. The maximum absolute atomic E-state index is 12.9. The van der Waals surface area contributed by atoms with Gasteiger partial charge in [0.2, 0.25) is 5.91 Å².